The standard InChI is InChI=1S/C27H20FN3O5/c1-17-24(25(31-36-17)19-6-3-2-4-7-19)26-30-29-23(35-26)16-34-27(32)20-8-5-9-22(14-20)33-15-18-10-12-21(28)13-11-18/h2-14H,15-16H2,1H3. The predicted molar refractivity (Wildman–Crippen MR) is 126 cm³/mol. The molecule has 0 spiro atoms. The Labute approximate surface area is 205 Å². The fourth-order valence-corrected chi connectivity index (χ4v) is 3.50. The fraction of sp³-hybridized carbons (Fsp3) is 0.111. The summed E-state index contributed by atoms with van der Waals surface area (Å²) in [5.41, 5.74) is 3.11. The minimum atomic E-state index is -0.576. The summed E-state index contributed by atoms with van der Waals surface area (Å²) in [4.78, 5) is 12.6. The molecule has 0 fully saturated rings. The van der Waals surface area contributed by atoms with Gasteiger partial charge in [0.25, 0.3) is 11.8 Å². The van der Waals surface area contributed by atoms with Crippen molar-refractivity contribution in [3.05, 3.63) is 107 Å². The number of hydrogen-bond donors (Lipinski definition) is 0. The summed E-state index contributed by atoms with van der Waals surface area (Å²) in [5.74, 6) is 0.457. The average molecular weight is 485 g/mol. The van der Waals surface area contributed by atoms with Crippen LogP contribution in [0.3, 0.4) is 0 Å². The molecule has 2 aromatic heterocycles. The molecule has 3 aromatic carbocycles. The first kappa shape index (κ1) is 23.0. The summed E-state index contributed by atoms with van der Waals surface area (Å²) < 4.78 is 35.2. The second kappa shape index (κ2) is 10.2. The molecule has 0 unspecified atom stereocenters. The van der Waals surface area contributed by atoms with Crippen LogP contribution in [0.1, 0.15) is 27.6 Å². The first-order valence-electron chi connectivity index (χ1n) is 11.1. The molecule has 0 bridgehead atoms. The Hall–Kier alpha value is -4.79. The van der Waals surface area contributed by atoms with Gasteiger partial charge in [0.15, 0.2) is 6.61 Å². The van der Waals surface area contributed by atoms with E-state index in [2.05, 4.69) is 15.4 Å². The first-order chi connectivity index (χ1) is 17.6. The van der Waals surface area contributed by atoms with Crippen LogP contribution >= 0.6 is 0 Å². The number of nitrogens with zero attached hydrogens (tertiary/aromatic N) is 3. The molecule has 0 N–H and O–H groups in total. The predicted octanol–water partition coefficient (Wildman–Crippen LogP) is 5.78. The highest BCUT2D eigenvalue weighted by Gasteiger charge is 2.22. The Balaban J connectivity index is 1.23. The summed E-state index contributed by atoms with van der Waals surface area (Å²) in [6.45, 7) is 1.78. The molecule has 0 aliphatic heterocycles. The molecular formula is C27H20FN3O5. The van der Waals surface area contributed by atoms with Crippen molar-refractivity contribution in [3.63, 3.8) is 0 Å². The maximum absolute atomic E-state index is 13.1. The SMILES string of the molecule is Cc1onc(-c2ccccc2)c1-c1nnc(COC(=O)c2cccc(OCc3ccc(F)cc3)c2)o1. The van der Waals surface area contributed by atoms with Crippen molar-refractivity contribution >= 4 is 5.97 Å². The van der Waals surface area contributed by atoms with Crippen molar-refractivity contribution in [2.24, 2.45) is 0 Å². The van der Waals surface area contributed by atoms with Crippen LogP contribution in [0.4, 0.5) is 4.39 Å². The third-order valence-corrected chi connectivity index (χ3v) is 5.31. The highest BCUT2D eigenvalue weighted by molar-refractivity contribution is 5.89. The number of rotatable bonds is 8. The number of ether oxygens (including phenoxy) is 2. The monoisotopic (exact) mass is 485 g/mol. The van der Waals surface area contributed by atoms with Crippen LogP contribution in [0, 0.1) is 12.7 Å². The minimum absolute atomic E-state index is 0.127. The number of aromatic nitrogens is 3. The Kier molecular flexibility index (Phi) is 6.53. The summed E-state index contributed by atoms with van der Waals surface area (Å²) in [5, 5.41) is 12.2. The van der Waals surface area contributed by atoms with Gasteiger partial charge < -0.3 is 18.4 Å². The molecule has 36 heavy (non-hydrogen) atoms. The van der Waals surface area contributed by atoms with Crippen LogP contribution in [-0.2, 0) is 18.0 Å². The molecule has 0 aliphatic carbocycles. The molecule has 0 amide bonds. The summed E-state index contributed by atoms with van der Waals surface area (Å²) in [6.07, 6.45) is 0. The zero-order valence-electron chi connectivity index (χ0n) is 19.2. The van der Waals surface area contributed by atoms with Crippen molar-refractivity contribution in [2.75, 3.05) is 0 Å². The van der Waals surface area contributed by atoms with E-state index in [1.165, 1.54) is 12.1 Å². The van der Waals surface area contributed by atoms with Crippen LogP contribution in [0.25, 0.3) is 22.7 Å². The topological polar surface area (TPSA) is 100 Å². The molecule has 5 aromatic rings. The number of carbonyl (C=O) groups is 1. The van der Waals surface area contributed by atoms with E-state index in [0.717, 1.165) is 11.1 Å². The lowest BCUT2D eigenvalue weighted by atomic mass is 10.1. The van der Waals surface area contributed by atoms with Gasteiger partial charge in [-0.1, -0.05) is 53.7 Å². The lowest BCUT2D eigenvalue weighted by Crippen LogP contribution is -2.06. The van der Waals surface area contributed by atoms with Crippen LogP contribution in [0.15, 0.2) is 87.8 Å². The van der Waals surface area contributed by atoms with E-state index < -0.39 is 5.97 Å². The van der Waals surface area contributed by atoms with Crippen molar-refractivity contribution in [2.45, 2.75) is 20.1 Å². The van der Waals surface area contributed by atoms with Gasteiger partial charge in [-0.25, -0.2) is 9.18 Å². The van der Waals surface area contributed by atoms with Crippen LogP contribution in [0.2, 0.25) is 0 Å². The fourth-order valence-electron chi connectivity index (χ4n) is 3.50. The summed E-state index contributed by atoms with van der Waals surface area (Å²) >= 11 is 0. The Morgan fingerprint density at radius 2 is 1.75 bits per heavy atom. The van der Waals surface area contributed by atoms with Gasteiger partial charge in [0.1, 0.15) is 35.2 Å². The second-order valence-corrected chi connectivity index (χ2v) is 7.85. The molecule has 9 heteroatoms. The van der Waals surface area contributed by atoms with E-state index in [9.17, 15) is 9.18 Å². The average Bonchev–Trinajstić information content (AvgIpc) is 3.53. The quantitative estimate of drug-likeness (QED) is 0.255. The number of carbonyl (C=O) groups excluding carboxylic acids is 1. The summed E-state index contributed by atoms with van der Waals surface area (Å²) in [7, 11) is 0. The molecular weight excluding hydrogens is 465 g/mol. The van der Waals surface area contributed by atoms with E-state index in [1.807, 2.05) is 30.3 Å². The van der Waals surface area contributed by atoms with Crippen LogP contribution in [0.5, 0.6) is 5.75 Å². The Bertz CT molecular complexity index is 1480. The van der Waals surface area contributed by atoms with Crippen molar-refractivity contribution < 1.29 is 27.6 Å². The number of esters is 1. The lowest BCUT2D eigenvalue weighted by molar-refractivity contribution is 0.0438. The molecule has 0 saturated heterocycles. The van der Waals surface area contributed by atoms with E-state index in [-0.39, 0.29) is 30.8 Å². The zero-order valence-corrected chi connectivity index (χ0v) is 19.2. The normalized spacial score (nSPS) is 10.8. The molecule has 0 radical (unpaired) electrons. The van der Waals surface area contributed by atoms with Crippen molar-refractivity contribution in [1.29, 1.82) is 0 Å². The van der Waals surface area contributed by atoms with Gasteiger partial charge in [0.2, 0.25) is 0 Å². The Morgan fingerprint density at radius 3 is 2.56 bits per heavy atom. The van der Waals surface area contributed by atoms with E-state index in [1.54, 1.807) is 43.3 Å². The lowest BCUT2D eigenvalue weighted by Gasteiger charge is -2.08. The van der Waals surface area contributed by atoms with E-state index in [0.29, 0.717) is 28.3 Å². The zero-order chi connectivity index (χ0) is 24.9. The third kappa shape index (κ3) is 5.15. The van der Waals surface area contributed by atoms with Crippen LogP contribution in [-0.4, -0.2) is 21.3 Å². The summed E-state index contributed by atoms with van der Waals surface area (Å²) in [6, 6.07) is 22.1. The third-order valence-electron chi connectivity index (χ3n) is 5.31. The van der Waals surface area contributed by atoms with Gasteiger partial charge in [-0.15, -0.1) is 10.2 Å². The van der Waals surface area contributed by atoms with Gasteiger partial charge in [-0.3, -0.25) is 0 Å². The maximum atomic E-state index is 13.1. The van der Waals surface area contributed by atoms with Gasteiger partial charge in [-0.2, -0.15) is 0 Å². The van der Waals surface area contributed by atoms with Crippen LogP contribution < -0.4 is 4.74 Å². The maximum Gasteiger partial charge on any atom is 0.338 e. The van der Waals surface area contributed by atoms with E-state index >= 15 is 0 Å². The number of halogens is 1. The Morgan fingerprint density at radius 1 is 0.944 bits per heavy atom. The molecule has 2 heterocycles. The largest absolute Gasteiger partial charge is 0.489 e. The minimum Gasteiger partial charge on any atom is -0.489 e. The number of hydrogen-bond acceptors (Lipinski definition) is 8. The second-order valence-electron chi connectivity index (χ2n) is 7.85. The molecule has 0 saturated carbocycles. The first-order valence-corrected chi connectivity index (χ1v) is 11.1. The molecule has 5 rings (SSSR count). The number of aryl methyl sites for hydroxylation is 1. The smallest absolute Gasteiger partial charge is 0.338 e. The van der Waals surface area contributed by atoms with Gasteiger partial charge >= 0.3 is 5.97 Å². The molecule has 8 nitrogen and oxygen atoms in total. The van der Waals surface area contributed by atoms with Gasteiger partial charge in [-0.05, 0) is 42.8 Å². The number of benzene rings is 3. The van der Waals surface area contributed by atoms with Crippen molar-refractivity contribution in [1.82, 2.24) is 15.4 Å². The van der Waals surface area contributed by atoms with Gasteiger partial charge in [0, 0.05) is 5.56 Å². The van der Waals surface area contributed by atoms with Crippen molar-refractivity contribution in [3.8, 4) is 28.5 Å². The van der Waals surface area contributed by atoms with E-state index in [4.69, 9.17) is 18.4 Å². The molecule has 0 atom stereocenters. The molecule has 180 valence electrons. The molecule has 0 aliphatic rings. The van der Waals surface area contributed by atoms with Gasteiger partial charge in [0.05, 0.1) is 5.56 Å². The highest BCUT2D eigenvalue weighted by atomic mass is 19.1. The highest BCUT2D eigenvalue weighted by Crippen LogP contribution is 2.33.